The molecule has 0 aliphatic carbocycles. The summed E-state index contributed by atoms with van der Waals surface area (Å²) >= 11 is 0. The van der Waals surface area contributed by atoms with Crippen LogP contribution in [0.2, 0.25) is 0 Å². The van der Waals surface area contributed by atoms with Crippen LogP contribution in [0.1, 0.15) is 66.8 Å². The molecule has 0 bridgehead atoms. The fourth-order valence-electron chi connectivity index (χ4n) is 4.64. The summed E-state index contributed by atoms with van der Waals surface area (Å²) in [5.41, 5.74) is 15.2. The van der Waals surface area contributed by atoms with Gasteiger partial charge >= 0.3 is 0 Å². The van der Waals surface area contributed by atoms with Crippen LogP contribution < -0.4 is 0 Å². The summed E-state index contributed by atoms with van der Waals surface area (Å²) in [6.45, 7) is 12.6. The Morgan fingerprint density at radius 1 is 0.204 bits per heavy atom. The zero-order valence-corrected chi connectivity index (χ0v) is 30.6. The fraction of sp³-hybridized carbons (Fsp3) is 0.125. The minimum Gasteiger partial charge on any atom is -0.0587 e. The van der Waals surface area contributed by atoms with E-state index in [2.05, 4.69) is 224 Å². The predicted octanol–water partition coefficient (Wildman–Crippen LogP) is 13.4. The fourth-order valence-corrected chi connectivity index (χ4v) is 4.64. The van der Waals surface area contributed by atoms with Crippen LogP contribution in [0.4, 0.5) is 0 Å². The van der Waals surface area contributed by atoms with Crippen LogP contribution in [0.25, 0.3) is 36.5 Å². The van der Waals surface area contributed by atoms with Crippen molar-refractivity contribution in [3.8, 4) is 0 Å². The van der Waals surface area contributed by atoms with Gasteiger partial charge in [0, 0.05) is 16.5 Å². The molecule has 0 radical (unpaired) electrons. The Morgan fingerprint density at radius 2 is 0.306 bits per heavy atom. The monoisotopic (exact) mass is 682 g/mol. The third-order valence-electron chi connectivity index (χ3n) is 7.87. The summed E-state index contributed by atoms with van der Waals surface area (Å²) in [7, 11) is 0. The molecule has 0 unspecified atom stereocenters. The van der Waals surface area contributed by atoms with E-state index in [-0.39, 0.29) is 16.5 Å². The van der Waals surface area contributed by atoms with Gasteiger partial charge < -0.3 is 0 Å². The third-order valence-corrected chi connectivity index (χ3v) is 7.87. The number of hydrogen-bond donors (Lipinski definition) is 0. The van der Waals surface area contributed by atoms with Crippen molar-refractivity contribution in [1.29, 1.82) is 0 Å². The second-order valence-corrected chi connectivity index (χ2v) is 12.5. The Kier molecular flexibility index (Phi) is 16.0. The first kappa shape index (κ1) is 38.5. The van der Waals surface area contributed by atoms with Gasteiger partial charge in [-0.25, -0.2) is 0 Å². The van der Waals surface area contributed by atoms with Gasteiger partial charge in [0.1, 0.15) is 0 Å². The van der Waals surface area contributed by atoms with Crippen LogP contribution >= 0.6 is 0 Å². The van der Waals surface area contributed by atoms with Gasteiger partial charge in [0.15, 0.2) is 0 Å². The molecule has 0 nitrogen and oxygen atoms in total. The average Bonchev–Trinajstić information content (AvgIpc) is 3.10. The maximum Gasteiger partial charge on any atom is 0 e. The standard InChI is InChI=1S/3C16H16.Ni/c3*1-13-3-7-15(8-4-13)11-12-16-9-5-14(2)6-10-16;/h3*3-12H,1-2H3;/b3*12-11+;. The van der Waals surface area contributed by atoms with Crippen molar-refractivity contribution in [2.75, 3.05) is 0 Å². The van der Waals surface area contributed by atoms with Crippen LogP contribution in [0.5, 0.6) is 0 Å². The first-order valence-corrected chi connectivity index (χ1v) is 16.7. The van der Waals surface area contributed by atoms with Gasteiger partial charge in [-0.1, -0.05) is 215 Å². The molecular weight excluding hydrogens is 635 g/mol. The van der Waals surface area contributed by atoms with Crippen molar-refractivity contribution in [3.63, 3.8) is 0 Å². The van der Waals surface area contributed by atoms with E-state index in [1.807, 2.05) is 0 Å². The van der Waals surface area contributed by atoms with Crippen molar-refractivity contribution >= 4 is 36.5 Å². The molecule has 0 fully saturated rings. The molecule has 49 heavy (non-hydrogen) atoms. The summed E-state index contributed by atoms with van der Waals surface area (Å²) in [5, 5.41) is 0. The molecule has 0 amide bonds. The largest absolute Gasteiger partial charge is 0.0587 e. The average molecular weight is 684 g/mol. The molecule has 0 spiro atoms. The second kappa shape index (κ2) is 20.4. The van der Waals surface area contributed by atoms with E-state index < -0.39 is 0 Å². The van der Waals surface area contributed by atoms with Crippen molar-refractivity contribution in [1.82, 2.24) is 0 Å². The van der Waals surface area contributed by atoms with Crippen molar-refractivity contribution < 1.29 is 16.5 Å². The quantitative estimate of drug-likeness (QED) is 0.121. The van der Waals surface area contributed by atoms with Gasteiger partial charge in [-0.3, -0.25) is 0 Å². The third kappa shape index (κ3) is 14.8. The Bertz CT molecular complexity index is 1510. The Labute approximate surface area is 305 Å². The van der Waals surface area contributed by atoms with Crippen LogP contribution in [-0.4, -0.2) is 0 Å². The van der Waals surface area contributed by atoms with E-state index in [1.165, 1.54) is 66.8 Å². The van der Waals surface area contributed by atoms with E-state index in [4.69, 9.17) is 0 Å². The van der Waals surface area contributed by atoms with Gasteiger partial charge in [-0.2, -0.15) is 0 Å². The smallest absolute Gasteiger partial charge is 0 e. The zero-order valence-electron chi connectivity index (χ0n) is 29.6. The summed E-state index contributed by atoms with van der Waals surface area (Å²) in [4.78, 5) is 0. The zero-order chi connectivity index (χ0) is 34.1. The molecular formula is C48H48Ni. The Balaban J connectivity index is 0.000000197. The van der Waals surface area contributed by atoms with Crippen molar-refractivity contribution in [2.24, 2.45) is 0 Å². The first-order valence-electron chi connectivity index (χ1n) is 16.7. The molecule has 0 atom stereocenters. The minimum absolute atomic E-state index is 0. The molecule has 0 saturated carbocycles. The molecule has 0 aliphatic rings. The molecule has 250 valence electrons. The Morgan fingerprint density at radius 3 is 0.408 bits per heavy atom. The van der Waals surface area contributed by atoms with Crippen LogP contribution in [0.3, 0.4) is 0 Å². The van der Waals surface area contributed by atoms with E-state index in [1.54, 1.807) is 0 Å². The molecule has 6 rings (SSSR count). The molecule has 6 aromatic rings. The van der Waals surface area contributed by atoms with Gasteiger partial charge in [-0.15, -0.1) is 0 Å². The molecule has 1 heteroatoms. The molecule has 0 N–H and O–H groups in total. The van der Waals surface area contributed by atoms with Gasteiger partial charge in [0.05, 0.1) is 0 Å². The SMILES string of the molecule is Cc1ccc(/C=C/c2ccc(C)cc2)cc1.Cc1ccc(/C=C/c2ccc(C)cc2)cc1.Cc1ccc(/C=C/c2ccc(C)cc2)cc1.[Ni]. The van der Waals surface area contributed by atoms with E-state index in [0.717, 1.165) is 0 Å². The van der Waals surface area contributed by atoms with Crippen LogP contribution in [0, 0.1) is 41.5 Å². The number of rotatable bonds is 6. The van der Waals surface area contributed by atoms with Gasteiger partial charge in [-0.05, 0) is 74.9 Å². The molecule has 0 heterocycles. The van der Waals surface area contributed by atoms with Crippen LogP contribution in [-0.2, 0) is 16.5 Å². The number of aryl methyl sites for hydroxylation is 6. The molecule has 0 aromatic heterocycles. The molecule has 6 aromatic carbocycles. The molecule has 0 saturated heterocycles. The van der Waals surface area contributed by atoms with Crippen molar-refractivity contribution in [3.05, 3.63) is 212 Å². The summed E-state index contributed by atoms with van der Waals surface area (Å²) in [6, 6.07) is 51.3. The normalized spacial score (nSPS) is 10.7. The second-order valence-electron chi connectivity index (χ2n) is 12.5. The van der Waals surface area contributed by atoms with Gasteiger partial charge in [0.2, 0.25) is 0 Å². The van der Waals surface area contributed by atoms with E-state index in [9.17, 15) is 0 Å². The van der Waals surface area contributed by atoms with Crippen molar-refractivity contribution in [2.45, 2.75) is 41.5 Å². The summed E-state index contributed by atoms with van der Waals surface area (Å²) in [5.74, 6) is 0. The van der Waals surface area contributed by atoms with Crippen LogP contribution in [0.15, 0.2) is 146 Å². The summed E-state index contributed by atoms with van der Waals surface area (Å²) < 4.78 is 0. The maximum absolute atomic E-state index is 2.14. The van der Waals surface area contributed by atoms with E-state index >= 15 is 0 Å². The first-order chi connectivity index (χ1) is 23.2. The number of benzene rings is 6. The minimum atomic E-state index is 0. The summed E-state index contributed by atoms with van der Waals surface area (Å²) in [6.07, 6.45) is 12.9. The molecule has 0 aliphatic heterocycles. The number of hydrogen-bond acceptors (Lipinski definition) is 0. The maximum atomic E-state index is 2.14. The van der Waals surface area contributed by atoms with Gasteiger partial charge in [0.25, 0.3) is 0 Å². The predicted molar refractivity (Wildman–Crippen MR) is 214 cm³/mol. The topological polar surface area (TPSA) is 0 Å². The van der Waals surface area contributed by atoms with E-state index in [0.29, 0.717) is 0 Å². The Hall–Kier alpha value is -4.97.